The summed E-state index contributed by atoms with van der Waals surface area (Å²) in [6.45, 7) is 1.04. The van der Waals surface area contributed by atoms with Crippen molar-refractivity contribution in [2.24, 2.45) is 5.92 Å². The topological polar surface area (TPSA) is 46.6 Å². The number of esters is 1. The van der Waals surface area contributed by atoms with E-state index in [0.717, 1.165) is 10.2 Å². The fourth-order valence-electron chi connectivity index (χ4n) is 2.07. The molecule has 0 radical (unpaired) electrons. The molecular weight excluding hydrogens is 298 g/mol. The Morgan fingerprint density at radius 1 is 1.39 bits per heavy atom. The monoisotopic (exact) mass is 311 g/mol. The number of nitrogens with zero attached hydrogens (tertiary/aromatic N) is 1. The van der Waals surface area contributed by atoms with Gasteiger partial charge in [-0.1, -0.05) is 15.9 Å². The first-order valence-corrected chi connectivity index (χ1v) is 6.52. The van der Waals surface area contributed by atoms with Crippen LogP contribution in [-0.2, 0) is 14.3 Å². The van der Waals surface area contributed by atoms with Gasteiger partial charge in [0.2, 0.25) is 0 Å². The Hall–Kier alpha value is -1.36. The predicted molar refractivity (Wildman–Crippen MR) is 71.5 cm³/mol. The highest BCUT2D eigenvalue weighted by molar-refractivity contribution is 9.10. The van der Waals surface area contributed by atoms with E-state index in [1.165, 1.54) is 7.11 Å². The second-order valence-electron chi connectivity index (χ2n) is 4.21. The van der Waals surface area contributed by atoms with Crippen molar-refractivity contribution in [1.82, 2.24) is 0 Å². The normalized spacial score (nSPS) is 19.8. The van der Waals surface area contributed by atoms with Crippen LogP contribution in [0.2, 0.25) is 0 Å². The highest BCUT2D eigenvalue weighted by Gasteiger charge is 2.33. The second-order valence-corrected chi connectivity index (χ2v) is 5.13. The van der Waals surface area contributed by atoms with Crippen LogP contribution in [-0.4, -0.2) is 32.0 Å². The third-order valence-electron chi connectivity index (χ3n) is 3.10. The lowest BCUT2D eigenvalue weighted by atomic mass is 9.96. The molecule has 1 aromatic rings. The largest absolute Gasteiger partial charge is 0.468 e. The summed E-state index contributed by atoms with van der Waals surface area (Å²) in [6, 6.07) is 7.82. The molecule has 96 valence electrons. The highest BCUT2D eigenvalue weighted by atomic mass is 79.9. The zero-order chi connectivity index (χ0) is 13.1. The summed E-state index contributed by atoms with van der Waals surface area (Å²) in [5.41, 5.74) is 1.01. The number of hydrogen-bond donors (Lipinski definition) is 0. The van der Waals surface area contributed by atoms with E-state index in [4.69, 9.17) is 0 Å². The number of halogens is 1. The first kappa shape index (κ1) is 13.1. The van der Waals surface area contributed by atoms with E-state index in [0.29, 0.717) is 19.5 Å². The molecule has 1 aliphatic rings. The molecule has 18 heavy (non-hydrogen) atoms. The molecule has 2 rings (SSSR count). The van der Waals surface area contributed by atoms with Gasteiger partial charge in [-0.05, 0) is 24.3 Å². The summed E-state index contributed by atoms with van der Waals surface area (Å²) in [7, 11) is 1.31. The minimum Gasteiger partial charge on any atom is -0.468 e. The Bertz CT molecular complexity index is 450. The molecule has 1 aromatic carbocycles. The standard InChI is InChI=1S/C13H14BrNO3/c1-18-13(17)11-8-15(7-6-12(11)16)10-4-2-9(14)3-5-10/h2-5,11H,6-8H2,1H3. The summed E-state index contributed by atoms with van der Waals surface area (Å²) >= 11 is 3.38. The van der Waals surface area contributed by atoms with Crippen LogP contribution in [0, 0.1) is 5.92 Å². The van der Waals surface area contributed by atoms with E-state index in [9.17, 15) is 9.59 Å². The molecule has 4 nitrogen and oxygen atoms in total. The molecule has 0 spiro atoms. The Kier molecular flexibility index (Phi) is 4.01. The molecule has 0 amide bonds. The summed E-state index contributed by atoms with van der Waals surface area (Å²) in [5.74, 6) is -1.13. The van der Waals surface area contributed by atoms with Crippen LogP contribution in [0.4, 0.5) is 5.69 Å². The maximum atomic E-state index is 11.7. The minimum atomic E-state index is -0.660. The molecule has 0 bridgehead atoms. The van der Waals surface area contributed by atoms with Gasteiger partial charge in [0.25, 0.3) is 0 Å². The molecule has 1 atom stereocenters. The lowest BCUT2D eigenvalue weighted by molar-refractivity contribution is -0.149. The first-order valence-electron chi connectivity index (χ1n) is 5.73. The van der Waals surface area contributed by atoms with Crippen molar-refractivity contribution in [3.05, 3.63) is 28.7 Å². The fourth-order valence-corrected chi connectivity index (χ4v) is 2.33. The number of piperidine rings is 1. The van der Waals surface area contributed by atoms with Crippen LogP contribution < -0.4 is 4.90 Å². The molecule has 1 aliphatic heterocycles. The SMILES string of the molecule is COC(=O)C1CN(c2ccc(Br)cc2)CCC1=O. The Labute approximate surface area is 114 Å². The van der Waals surface area contributed by atoms with Crippen LogP contribution in [0.1, 0.15) is 6.42 Å². The van der Waals surface area contributed by atoms with Crippen LogP contribution in [0.3, 0.4) is 0 Å². The van der Waals surface area contributed by atoms with Gasteiger partial charge in [-0.3, -0.25) is 9.59 Å². The van der Waals surface area contributed by atoms with Crippen molar-refractivity contribution in [2.45, 2.75) is 6.42 Å². The zero-order valence-corrected chi connectivity index (χ0v) is 11.6. The zero-order valence-electron chi connectivity index (χ0n) is 10.1. The van der Waals surface area contributed by atoms with Crippen molar-refractivity contribution in [1.29, 1.82) is 0 Å². The van der Waals surface area contributed by atoms with Gasteiger partial charge in [0.05, 0.1) is 7.11 Å². The van der Waals surface area contributed by atoms with Gasteiger partial charge in [-0.2, -0.15) is 0 Å². The number of carbonyl (C=O) groups is 2. The maximum absolute atomic E-state index is 11.7. The number of ether oxygens (including phenoxy) is 1. The molecule has 0 aromatic heterocycles. The average molecular weight is 312 g/mol. The maximum Gasteiger partial charge on any atom is 0.318 e. The predicted octanol–water partition coefficient (Wildman–Crippen LogP) is 2.02. The van der Waals surface area contributed by atoms with Crippen molar-refractivity contribution in [3.63, 3.8) is 0 Å². The summed E-state index contributed by atoms with van der Waals surface area (Å²) < 4.78 is 5.67. The number of rotatable bonds is 2. The molecule has 1 unspecified atom stereocenters. The first-order chi connectivity index (χ1) is 8.61. The van der Waals surface area contributed by atoms with E-state index >= 15 is 0 Å². The van der Waals surface area contributed by atoms with Gasteiger partial charge in [-0.25, -0.2) is 0 Å². The number of hydrogen-bond acceptors (Lipinski definition) is 4. The highest BCUT2D eigenvalue weighted by Crippen LogP contribution is 2.23. The summed E-state index contributed by atoms with van der Waals surface area (Å²) in [5, 5.41) is 0. The van der Waals surface area contributed by atoms with E-state index in [1.54, 1.807) is 0 Å². The van der Waals surface area contributed by atoms with Crippen LogP contribution in [0.5, 0.6) is 0 Å². The van der Waals surface area contributed by atoms with E-state index in [-0.39, 0.29) is 5.78 Å². The second kappa shape index (κ2) is 5.52. The van der Waals surface area contributed by atoms with Crippen LogP contribution in [0.15, 0.2) is 28.7 Å². The smallest absolute Gasteiger partial charge is 0.318 e. The van der Waals surface area contributed by atoms with Crippen LogP contribution >= 0.6 is 15.9 Å². The lowest BCUT2D eigenvalue weighted by Crippen LogP contribution is -2.44. The number of benzene rings is 1. The number of carbonyl (C=O) groups excluding carboxylic acids is 2. The third kappa shape index (κ3) is 2.72. The average Bonchev–Trinajstić information content (AvgIpc) is 2.39. The number of methoxy groups -OCH3 is 1. The van der Waals surface area contributed by atoms with E-state index in [1.807, 2.05) is 29.2 Å². The summed E-state index contributed by atoms with van der Waals surface area (Å²) in [4.78, 5) is 25.3. The van der Waals surface area contributed by atoms with Crippen molar-refractivity contribution in [2.75, 3.05) is 25.1 Å². The molecule has 5 heteroatoms. The fraction of sp³-hybridized carbons (Fsp3) is 0.385. The van der Waals surface area contributed by atoms with Gasteiger partial charge in [0.15, 0.2) is 5.78 Å². The van der Waals surface area contributed by atoms with E-state index in [2.05, 4.69) is 20.7 Å². The number of anilines is 1. The Morgan fingerprint density at radius 2 is 2.06 bits per heavy atom. The summed E-state index contributed by atoms with van der Waals surface area (Å²) in [6.07, 6.45) is 0.385. The number of ketones is 1. The van der Waals surface area contributed by atoms with Gasteiger partial charge in [0.1, 0.15) is 5.92 Å². The van der Waals surface area contributed by atoms with Crippen molar-refractivity contribution < 1.29 is 14.3 Å². The van der Waals surface area contributed by atoms with Gasteiger partial charge < -0.3 is 9.64 Å². The molecule has 1 heterocycles. The quantitative estimate of drug-likeness (QED) is 0.619. The molecule has 0 aliphatic carbocycles. The Morgan fingerprint density at radius 3 is 2.67 bits per heavy atom. The molecular formula is C13H14BrNO3. The van der Waals surface area contributed by atoms with Crippen LogP contribution in [0.25, 0.3) is 0 Å². The molecule has 0 saturated carbocycles. The third-order valence-corrected chi connectivity index (χ3v) is 3.63. The molecule has 1 fully saturated rings. The van der Waals surface area contributed by atoms with Crippen molar-refractivity contribution in [3.8, 4) is 0 Å². The van der Waals surface area contributed by atoms with E-state index < -0.39 is 11.9 Å². The minimum absolute atomic E-state index is 0.0322. The number of Topliss-reactive ketones (excluding diaryl/α,β-unsaturated/α-hetero) is 1. The molecule has 1 saturated heterocycles. The Balaban J connectivity index is 2.14. The molecule has 0 N–H and O–H groups in total. The van der Waals surface area contributed by atoms with Gasteiger partial charge in [-0.15, -0.1) is 0 Å². The van der Waals surface area contributed by atoms with Crippen molar-refractivity contribution >= 4 is 33.4 Å². The van der Waals surface area contributed by atoms with Gasteiger partial charge in [0, 0.05) is 29.7 Å². The van der Waals surface area contributed by atoms with Gasteiger partial charge >= 0.3 is 5.97 Å². The lowest BCUT2D eigenvalue weighted by Gasteiger charge is -2.32.